The lowest BCUT2D eigenvalue weighted by Crippen LogP contribution is -2.37. The van der Waals surface area contributed by atoms with Crippen molar-refractivity contribution in [3.63, 3.8) is 0 Å². The molecule has 0 unspecified atom stereocenters. The van der Waals surface area contributed by atoms with Crippen LogP contribution < -0.4 is 10.6 Å². The average molecular weight is 330 g/mol. The molecule has 1 aromatic heterocycles. The number of anilines is 1. The van der Waals surface area contributed by atoms with Gasteiger partial charge in [0.1, 0.15) is 5.82 Å². The van der Waals surface area contributed by atoms with Crippen molar-refractivity contribution < 1.29 is 9.18 Å². The number of pyridine rings is 1. The van der Waals surface area contributed by atoms with Crippen LogP contribution in [0.25, 0.3) is 0 Å². The largest absolute Gasteiger partial charge is 0.383 e. The molecule has 2 aromatic rings. The molecule has 0 fully saturated rings. The summed E-state index contributed by atoms with van der Waals surface area (Å²) in [5, 5.41) is 6.14. The molecule has 0 aliphatic heterocycles. The van der Waals surface area contributed by atoms with E-state index in [1.165, 1.54) is 12.1 Å². The summed E-state index contributed by atoms with van der Waals surface area (Å²) < 4.78 is 12.9. The molecule has 0 atom stereocenters. The number of benzene rings is 1. The van der Waals surface area contributed by atoms with E-state index < -0.39 is 0 Å². The summed E-state index contributed by atoms with van der Waals surface area (Å²) in [5.41, 5.74) is 3.07. The van der Waals surface area contributed by atoms with E-state index in [0.29, 0.717) is 26.2 Å². The molecule has 0 aliphatic carbocycles. The van der Waals surface area contributed by atoms with Gasteiger partial charge in [0.25, 0.3) is 0 Å². The summed E-state index contributed by atoms with van der Waals surface area (Å²) in [7, 11) is 1.86. The third-order valence-corrected chi connectivity index (χ3v) is 3.56. The number of aryl methyl sites for hydroxylation is 1. The van der Waals surface area contributed by atoms with Crippen molar-refractivity contribution >= 4 is 11.6 Å². The molecular weight excluding hydrogens is 307 g/mol. The minimum Gasteiger partial charge on any atom is -0.383 e. The van der Waals surface area contributed by atoms with E-state index in [9.17, 15) is 9.18 Å². The van der Waals surface area contributed by atoms with Gasteiger partial charge in [-0.15, -0.1) is 0 Å². The van der Waals surface area contributed by atoms with Crippen LogP contribution in [-0.2, 0) is 11.3 Å². The lowest BCUT2D eigenvalue weighted by Gasteiger charge is -2.16. The zero-order valence-electron chi connectivity index (χ0n) is 14.1. The summed E-state index contributed by atoms with van der Waals surface area (Å²) in [5.74, 6) is -0.288. The van der Waals surface area contributed by atoms with Crippen molar-refractivity contribution in [3.8, 4) is 0 Å². The van der Waals surface area contributed by atoms with Gasteiger partial charge >= 0.3 is 0 Å². The molecule has 24 heavy (non-hydrogen) atoms. The monoisotopic (exact) mass is 330 g/mol. The fraction of sp³-hybridized carbons (Fsp3) is 0.333. The molecule has 1 aromatic carbocycles. The summed E-state index contributed by atoms with van der Waals surface area (Å²) in [6, 6.07) is 8.22. The van der Waals surface area contributed by atoms with Gasteiger partial charge in [-0.05, 0) is 43.3 Å². The maximum Gasteiger partial charge on any atom is 0.234 e. The van der Waals surface area contributed by atoms with Gasteiger partial charge in [-0.25, -0.2) is 4.39 Å². The second kappa shape index (κ2) is 8.98. The van der Waals surface area contributed by atoms with Gasteiger partial charge in [0, 0.05) is 37.7 Å². The van der Waals surface area contributed by atoms with Crippen LogP contribution in [0.1, 0.15) is 11.1 Å². The fourth-order valence-corrected chi connectivity index (χ4v) is 2.33. The van der Waals surface area contributed by atoms with Crippen molar-refractivity contribution in [2.24, 2.45) is 0 Å². The molecule has 5 nitrogen and oxygen atoms in total. The maximum atomic E-state index is 12.9. The molecule has 0 bridgehead atoms. The summed E-state index contributed by atoms with van der Waals surface area (Å²) >= 11 is 0. The first-order valence-electron chi connectivity index (χ1n) is 7.89. The van der Waals surface area contributed by atoms with Crippen molar-refractivity contribution in [3.05, 3.63) is 59.7 Å². The van der Waals surface area contributed by atoms with Crippen LogP contribution in [0.4, 0.5) is 10.1 Å². The number of carbonyl (C=O) groups excluding carboxylic acids is 1. The predicted molar refractivity (Wildman–Crippen MR) is 93.2 cm³/mol. The number of aromatic nitrogens is 1. The molecule has 6 heteroatoms. The lowest BCUT2D eigenvalue weighted by molar-refractivity contribution is -0.121. The first kappa shape index (κ1) is 17.9. The molecule has 128 valence electrons. The minimum atomic E-state index is -0.254. The second-order valence-corrected chi connectivity index (χ2v) is 5.77. The molecule has 2 rings (SSSR count). The predicted octanol–water partition coefficient (Wildman–Crippen LogP) is 2.19. The highest BCUT2D eigenvalue weighted by atomic mass is 19.1. The molecule has 1 amide bonds. The number of rotatable bonds is 8. The van der Waals surface area contributed by atoms with Crippen LogP contribution in [0.15, 0.2) is 42.7 Å². The number of nitrogens with zero attached hydrogens (tertiary/aromatic N) is 2. The highest BCUT2D eigenvalue weighted by Crippen LogP contribution is 2.10. The summed E-state index contributed by atoms with van der Waals surface area (Å²) in [6.07, 6.45) is 3.53. The Bertz CT molecular complexity index is 660. The van der Waals surface area contributed by atoms with Crippen LogP contribution >= 0.6 is 0 Å². The van der Waals surface area contributed by atoms with Gasteiger partial charge in [-0.1, -0.05) is 12.1 Å². The first-order chi connectivity index (χ1) is 11.5. The Labute approximate surface area is 141 Å². The SMILES string of the molecule is Cc1cnccc1NCCNC(=O)CN(C)Cc1ccc(F)cc1. The Balaban J connectivity index is 1.65. The first-order valence-corrected chi connectivity index (χ1v) is 7.89. The van der Waals surface area contributed by atoms with E-state index in [1.807, 2.05) is 24.9 Å². The lowest BCUT2D eigenvalue weighted by atomic mass is 10.2. The van der Waals surface area contributed by atoms with Gasteiger partial charge in [0.2, 0.25) is 5.91 Å². The van der Waals surface area contributed by atoms with Crippen molar-refractivity contribution in [2.75, 3.05) is 32.0 Å². The number of amides is 1. The second-order valence-electron chi connectivity index (χ2n) is 5.77. The molecule has 0 saturated carbocycles. The smallest absolute Gasteiger partial charge is 0.234 e. The van der Waals surface area contributed by atoms with Gasteiger partial charge in [0.05, 0.1) is 6.54 Å². The van der Waals surface area contributed by atoms with E-state index in [4.69, 9.17) is 0 Å². The van der Waals surface area contributed by atoms with E-state index in [-0.39, 0.29) is 11.7 Å². The van der Waals surface area contributed by atoms with Crippen LogP contribution in [-0.4, -0.2) is 42.5 Å². The highest BCUT2D eigenvalue weighted by Gasteiger charge is 2.07. The number of carbonyl (C=O) groups is 1. The molecule has 0 spiro atoms. The zero-order valence-corrected chi connectivity index (χ0v) is 14.1. The molecule has 0 saturated heterocycles. The molecule has 0 aliphatic rings. The van der Waals surface area contributed by atoms with E-state index in [1.54, 1.807) is 24.5 Å². The number of nitrogens with one attached hydrogen (secondary N) is 2. The third-order valence-electron chi connectivity index (χ3n) is 3.56. The Kier molecular flexibility index (Phi) is 6.69. The normalized spacial score (nSPS) is 10.7. The van der Waals surface area contributed by atoms with Crippen molar-refractivity contribution in [1.82, 2.24) is 15.2 Å². The van der Waals surface area contributed by atoms with Crippen molar-refractivity contribution in [2.45, 2.75) is 13.5 Å². The zero-order chi connectivity index (χ0) is 17.4. The average Bonchev–Trinajstić information content (AvgIpc) is 2.55. The Morgan fingerprint density at radius 1 is 1.21 bits per heavy atom. The Morgan fingerprint density at radius 3 is 2.67 bits per heavy atom. The molecular formula is C18H23FN4O. The minimum absolute atomic E-state index is 0.0344. The van der Waals surface area contributed by atoms with Gasteiger partial charge in [0.15, 0.2) is 0 Å². The summed E-state index contributed by atoms with van der Waals surface area (Å²) in [4.78, 5) is 17.9. The van der Waals surface area contributed by atoms with Crippen LogP contribution in [0, 0.1) is 12.7 Å². The van der Waals surface area contributed by atoms with Gasteiger partial charge in [-0.2, -0.15) is 0 Å². The maximum absolute atomic E-state index is 12.9. The topological polar surface area (TPSA) is 57.3 Å². The third kappa shape index (κ3) is 5.96. The number of hydrogen-bond acceptors (Lipinski definition) is 4. The van der Waals surface area contributed by atoms with Gasteiger partial charge < -0.3 is 10.6 Å². The molecule has 2 N–H and O–H groups in total. The van der Waals surface area contributed by atoms with Crippen LogP contribution in [0.5, 0.6) is 0 Å². The fourth-order valence-electron chi connectivity index (χ4n) is 2.33. The number of hydrogen-bond donors (Lipinski definition) is 2. The molecule has 0 radical (unpaired) electrons. The highest BCUT2D eigenvalue weighted by molar-refractivity contribution is 5.78. The van der Waals surface area contributed by atoms with E-state index >= 15 is 0 Å². The van der Waals surface area contributed by atoms with Crippen molar-refractivity contribution in [1.29, 1.82) is 0 Å². The van der Waals surface area contributed by atoms with Crippen LogP contribution in [0.3, 0.4) is 0 Å². The summed E-state index contributed by atoms with van der Waals surface area (Å²) in [6.45, 7) is 4.08. The number of likely N-dealkylation sites (N-methyl/N-ethyl adjacent to an activating group) is 1. The quantitative estimate of drug-likeness (QED) is 0.729. The van der Waals surface area contributed by atoms with Gasteiger partial charge in [-0.3, -0.25) is 14.7 Å². The Morgan fingerprint density at radius 2 is 1.96 bits per heavy atom. The molecule has 1 heterocycles. The van der Waals surface area contributed by atoms with E-state index in [0.717, 1.165) is 16.8 Å². The van der Waals surface area contributed by atoms with E-state index in [2.05, 4.69) is 15.6 Å². The Hall–Kier alpha value is -2.47. The van der Waals surface area contributed by atoms with Crippen LogP contribution in [0.2, 0.25) is 0 Å². The number of halogens is 1. The standard InChI is InChI=1S/C18H23FN4O/c1-14-11-20-8-7-17(14)21-9-10-22-18(24)13-23(2)12-15-3-5-16(19)6-4-15/h3-8,11H,9-10,12-13H2,1-2H3,(H,20,21)(H,22,24).